The van der Waals surface area contributed by atoms with Crippen molar-refractivity contribution in [1.82, 2.24) is 5.32 Å². The van der Waals surface area contributed by atoms with Gasteiger partial charge in [0.15, 0.2) is 0 Å². The van der Waals surface area contributed by atoms with E-state index >= 15 is 0 Å². The van der Waals surface area contributed by atoms with Crippen LogP contribution < -0.4 is 10.0 Å². The molecule has 0 atom stereocenters. The van der Waals surface area contributed by atoms with Crippen molar-refractivity contribution in [2.45, 2.75) is 32.6 Å². The van der Waals surface area contributed by atoms with Gasteiger partial charge in [0.2, 0.25) is 10.0 Å². The summed E-state index contributed by atoms with van der Waals surface area (Å²) < 4.78 is 26.7. The van der Waals surface area contributed by atoms with Crippen molar-refractivity contribution in [1.29, 1.82) is 0 Å². The van der Waals surface area contributed by atoms with Crippen LogP contribution in [0.3, 0.4) is 0 Å². The summed E-state index contributed by atoms with van der Waals surface area (Å²) in [4.78, 5) is 0. The summed E-state index contributed by atoms with van der Waals surface area (Å²) in [6.45, 7) is 6.91. The monoisotopic (exact) mass is 284 g/mol. The predicted octanol–water partition coefficient (Wildman–Crippen LogP) is 2.34. The second-order valence-electron chi connectivity index (χ2n) is 5.67. The Balaban J connectivity index is 2.88. The molecule has 0 aliphatic rings. The minimum absolute atomic E-state index is 0.0932. The lowest BCUT2D eigenvalue weighted by molar-refractivity contribution is 0.589. The Bertz CT molecular complexity index is 504. The SMILES string of the molecule is CNCCCS(=O)(=O)Nc1ccccc1C(C)(C)C. The smallest absolute Gasteiger partial charge is 0.232 e. The summed E-state index contributed by atoms with van der Waals surface area (Å²) in [7, 11) is -1.47. The van der Waals surface area contributed by atoms with Crippen molar-refractivity contribution < 1.29 is 8.42 Å². The van der Waals surface area contributed by atoms with E-state index in [1.165, 1.54) is 0 Å². The standard InChI is InChI=1S/C14H24N2O2S/c1-14(2,3)12-8-5-6-9-13(12)16-19(17,18)11-7-10-15-4/h5-6,8-9,15-16H,7,10-11H2,1-4H3. The molecule has 19 heavy (non-hydrogen) atoms. The Morgan fingerprint density at radius 1 is 1.16 bits per heavy atom. The van der Waals surface area contributed by atoms with Gasteiger partial charge in [0, 0.05) is 0 Å². The van der Waals surface area contributed by atoms with Gasteiger partial charge < -0.3 is 5.32 Å². The first-order valence-corrected chi connectivity index (χ1v) is 8.16. The number of benzene rings is 1. The number of hydrogen-bond donors (Lipinski definition) is 2. The van der Waals surface area contributed by atoms with Crippen LogP contribution in [-0.2, 0) is 15.4 Å². The van der Waals surface area contributed by atoms with E-state index in [2.05, 4.69) is 30.8 Å². The highest BCUT2D eigenvalue weighted by atomic mass is 32.2. The van der Waals surface area contributed by atoms with Crippen LogP contribution in [0.15, 0.2) is 24.3 Å². The van der Waals surface area contributed by atoms with Crippen LogP contribution >= 0.6 is 0 Å². The Kier molecular flexibility index (Phi) is 5.38. The Morgan fingerprint density at radius 2 is 1.79 bits per heavy atom. The highest BCUT2D eigenvalue weighted by Crippen LogP contribution is 2.29. The van der Waals surface area contributed by atoms with Gasteiger partial charge in [-0.15, -0.1) is 0 Å². The lowest BCUT2D eigenvalue weighted by Crippen LogP contribution is -2.22. The van der Waals surface area contributed by atoms with Crippen LogP contribution in [0.25, 0.3) is 0 Å². The summed E-state index contributed by atoms with van der Waals surface area (Å²) in [5, 5.41) is 2.95. The van der Waals surface area contributed by atoms with E-state index in [4.69, 9.17) is 0 Å². The van der Waals surface area contributed by atoms with E-state index in [0.29, 0.717) is 18.7 Å². The third-order valence-electron chi connectivity index (χ3n) is 2.84. The van der Waals surface area contributed by atoms with E-state index in [9.17, 15) is 8.42 Å². The zero-order valence-corrected chi connectivity index (χ0v) is 13.0. The zero-order valence-electron chi connectivity index (χ0n) is 12.2. The molecule has 0 amide bonds. The van der Waals surface area contributed by atoms with Crippen LogP contribution in [-0.4, -0.2) is 27.8 Å². The molecule has 0 aliphatic heterocycles. The van der Waals surface area contributed by atoms with Gasteiger partial charge in [-0.25, -0.2) is 8.42 Å². The number of rotatable bonds is 6. The molecule has 4 nitrogen and oxygen atoms in total. The number of anilines is 1. The van der Waals surface area contributed by atoms with Crippen molar-refractivity contribution in [3.05, 3.63) is 29.8 Å². The van der Waals surface area contributed by atoms with Gasteiger partial charge in [-0.1, -0.05) is 39.0 Å². The summed E-state index contributed by atoms with van der Waals surface area (Å²) in [5.74, 6) is 0.131. The number of nitrogens with one attached hydrogen (secondary N) is 2. The average Bonchev–Trinajstić information content (AvgIpc) is 2.27. The van der Waals surface area contributed by atoms with Crippen molar-refractivity contribution in [3.63, 3.8) is 0 Å². The van der Waals surface area contributed by atoms with Crippen molar-refractivity contribution in [2.24, 2.45) is 0 Å². The molecule has 0 unspecified atom stereocenters. The Morgan fingerprint density at radius 3 is 2.37 bits per heavy atom. The Labute approximate surface area is 116 Å². The molecule has 0 aliphatic carbocycles. The molecule has 1 aromatic carbocycles. The highest BCUT2D eigenvalue weighted by molar-refractivity contribution is 7.92. The minimum atomic E-state index is -3.28. The number of hydrogen-bond acceptors (Lipinski definition) is 3. The fourth-order valence-electron chi connectivity index (χ4n) is 1.88. The second-order valence-corrected chi connectivity index (χ2v) is 7.52. The molecule has 0 bridgehead atoms. The fraction of sp³-hybridized carbons (Fsp3) is 0.571. The van der Waals surface area contributed by atoms with Gasteiger partial charge in [-0.2, -0.15) is 0 Å². The molecule has 1 rings (SSSR count). The highest BCUT2D eigenvalue weighted by Gasteiger charge is 2.20. The molecule has 0 fully saturated rings. The molecule has 1 aromatic rings. The zero-order chi connectivity index (χ0) is 14.5. The van der Waals surface area contributed by atoms with Gasteiger partial charge in [-0.3, -0.25) is 4.72 Å². The van der Waals surface area contributed by atoms with Gasteiger partial charge in [0.05, 0.1) is 11.4 Å². The molecule has 108 valence electrons. The van der Waals surface area contributed by atoms with Crippen LogP contribution in [0.4, 0.5) is 5.69 Å². The lowest BCUT2D eigenvalue weighted by atomic mass is 9.86. The first-order chi connectivity index (χ1) is 8.76. The molecule has 0 saturated carbocycles. The number of para-hydroxylation sites is 1. The molecular formula is C14H24N2O2S. The molecule has 0 radical (unpaired) electrons. The quantitative estimate of drug-likeness (QED) is 0.788. The summed E-state index contributed by atoms with van der Waals surface area (Å²) in [6.07, 6.45) is 0.601. The topological polar surface area (TPSA) is 58.2 Å². The normalized spacial score (nSPS) is 12.4. The summed E-state index contributed by atoms with van der Waals surface area (Å²) >= 11 is 0. The predicted molar refractivity (Wildman–Crippen MR) is 81.1 cm³/mol. The maximum atomic E-state index is 12.0. The van der Waals surface area contributed by atoms with E-state index in [1.807, 2.05) is 31.3 Å². The second kappa shape index (κ2) is 6.39. The first kappa shape index (κ1) is 16.0. The molecule has 0 spiro atoms. The van der Waals surface area contributed by atoms with Crippen LogP contribution in [0, 0.1) is 0 Å². The van der Waals surface area contributed by atoms with Gasteiger partial charge in [-0.05, 0) is 37.1 Å². The largest absolute Gasteiger partial charge is 0.320 e. The van der Waals surface area contributed by atoms with Gasteiger partial charge in [0.25, 0.3) is 0 Å². The minimum Gasteiger partial charge on any atom is -0.320 e. The van der Waals surface area contributed by atoms with Crippen LogP contribution in [0.1, 0.15) is 32.8 Å². The molecule has 0 saturated heterocycles. The molecule has 5 heteroatoms. The molecule has 0 aromatic heterocycles. The molecular weight excluding hydrogens is 260 g/mol. The maximum Gasteiger partial charge on any atom is 0.232 e. The van der Waals surface area contributed by atoms with E-state index in [0.717, 1.165) is 5.56 Å². The fourth-order valence-corrected chi connectivity index (χ4v) is 3.02. The van der Waals surface area contributed by atoms with E-state index in [1.54, 1.807) is 0 Å². The first-order valence-electron chi connectivity index (χ1n) is 6.51. The average molecular weight is 284 g/mol. The van der Waals surface area contributed by atoms with E-state index in [-0.39, 0.29) is 11.2 Å². The van der Waals surface area contributed by atoms with Gasteiger partial charge >= 0.3 is 0 Å². The molecule has 0 heterocycles. The van der Waals surface area contributed by atoms with Gasteiger partial charge in [0.1, 0.15) is 0 Å². The van der Waals surface area contributed by atoms with Crippen molar-refractivity contribution in [3.8, 4) is 0 Å². The third kappa shape index (κ3) is 5.20. The summed E-state index contributed by atoms with van der Waals surface area (Å²) in [5.41, 5.74) is 1.59. The van der Waals surface area contributed by atoms with Crippen molar-refractivity contribution >= 4 is 15.7 Å². The van der Waals surface area contributed by atoms with Crippen LogP contribution in [0.2, 0.25) is 0 Å². The van der Waals surface area contributed by atoms with Crippen molar-refractivity contribution in [2.75, 3.05) is 24.1 Å². The van der Waals surface area contributed by atoms with E-state index < -0.39 is 10.0 Å². The summed E-state index contributed by atoms with van der Waals surface area (Å²) in [6, 6.07) is 7.56. The number of sulfonamides is 1. The van der Waals surface area contributed by atoms with Crippen LogP contribution in [0.5, 0.6) is 0 Å². The maximum absolute atomic E-state index is 12.0. The molecule has 2 N–H and O–H groups in total. The lowest BCUT2D eigenvalue weighted by Gasteiger charge is -2.23. The Hall–Kier alpha value is -1.07. The third-order valence-corrected chi connectivity index (χ3v) is 4.20.